The number of benzene rings is 1. The number of hydrogen-bond donors (Lipinski definition) is 2. The molecular weight excluding hydrogens is 229 g/mol. The van der Waals surface area contributed by atoms with Crippen molar-refractivity contribution in [2.45, 2.75) is 19.2 Å². The van der Waals surface area contributed by atoms with Gasteiger partial charge in [0.05, 0.1) is 18.9 Å². The van der Waals surface area contributed by atoms with Crippen LogP contribution in [0.1, 0.15) is 12.5 Å². The molecule has 1 rings (SSSR count). The molecule has 0 saturated carbocycles. The number of hydrogen-bond acceptors (Lipinski definition) is 5. The number of aliphatic hydroxyl groups excluding tert-OH is 1. The summed E-state index contributed by atoms with van der Waals surface area (Å²) in [6.07, 6.45) is -0.615. The van der Waals surface area contributed by atoms with E-state index in [1.807, 2.05) is 18.2 Å². The highest BCUT2D eigenvalue weighted by molar-refractivity contribution is 7.52. The Morgan fingerprint density at radius 2 is 2.06 bits per heavy atom. The summed E-state index contributed by atoms with van der Waals surface area (Å²) in [7, 11) is -3.36. The molecular formula is C10H16NO4P. The van der Waals surface area contributed by atoms with Gasteiger partial charge in [0.1, 0.15) is 0 Å². The molecule has 90 valence electrons. The van der Waals surface area contributed by atoms with Crippen LogP contribution in [-0.2, 0) is 19.9 Å². The fraction of sp³-hybridized carbons (Fsp3) is 0.400. The Balaban J connectivity index is 2.63. The first-order valence-corrected chi connectivity index (χ1v) is 6.62. The highest BCUT2D eigenvalue weighted by atomic mass is 31.2. The van der Waals surface area contributed by atoms with Gasteiger partial charge in [-0.3, -0.25) is 4.57 Å². The van der Waals surface area contributed by atoms with Crippen molar-refractivity contribution in [2.24, 2.45) is 5.90 Å². The summed E-state index contributed by atoms with van der Waals surface area (Å²) in [5, 5.41) is 9.03. The molecule has 16 heavy (non-hydrogen) atoms. The molecule has 0 aromatic heterocycles. The van der Waals surface area contributed by atoms with Crippen molar-refractivity contribution in [3.05, 3.63) is 35.9 Å². The fourth-order valence-corrected chi connectivity index (χ4v) is 2.47. The van der Waals surface area contributed by atoms with E-state index in [0.29, 0.717) is 0 Å². The third-order valence-electron chi connectivity index (χ3n) is 1.89. The van der Waals surface area contributed by atoms with Crippen molar-refractivity contribution in [1.29, 1.82) is 0 Å². The minimum Gasteiger partial charge on any atom is -0.391 e. The van der Waals surface area contributed by atoms with Gasteiger partial charge in [0.25, 0.3) is 0 Å². The molecule has 0 radical (unpaired) electrons. The molecule has 0 saturated heterocycles. The van der Waals surface area contributed by atoms with Crippen LogP contribution in [0.2, 0.25) is 0 Å². The second kappa shape index (κ2) is 6.13. The van der Waals surface area contributed by atoms with Crippen LogP contribution in [0.25, 0.3) is 0 Å². The summed E-state index contributed by atoms with van der Waals surface area (Å²) < 4.78 is 21.4. The predicted molar refractivity (Wildman–Crippen MR) is 60.7 cm³/mol. The molecule has 0 fully saturated rings. The van der Waals surface area contributed by atoms with Crippen LogP contribution in [0.4, 0.5) is 0 Å². The normalized spacial score (nSPS) is 16.7. The van der Waals surface area contributed by atoms with Crippen molar-refractivity contribution in [2.75, 3.05) is 6.61 Å². The lowest BCUT2D eigenvalue weighted by Crippen LogP contribution is -2.12. The molecule has 0 aliphatic heterocycles. The zero-order valence-electron chi connectivity index (χ0n) is 9.07. The van der Waals surface area contributed by atoms with Crippen LogP contribution >= 0.6 is 7.60 Å². The zero-order chi connectivity index (χ0) is 12.0. The van der Waals surface area contributed by atoms with Crippen LogP contribution in [0.5, 0.6) is 0 Å². The number of aliphatic hydroxyl groups is 1. The molecule has 6 heteroatoms. The van der Waals surface area contributed by atoms with Crippen LogP contribution in [0.15, 0.2) is 30.3 Å². The van der Waals surface area contributed by atoms with Gasteiger partial charge < -0.3 is 9.63 Å². The molecule has 0 spiro atoms. The smallest absolute Gasteiger partial charge is 0.351 e. The Hall–Kier alpha value is -0.710. The van der Waals surface area contributed by atoms with Crippen LogP contribution in [0.3, 0.4) is 0 Å². The van der Waals surface area contributed by atoms with Gasteiger partial charge in [-0.2, -0.15) is 0 Å². The molecule has 1 unspecified atom stereocenters. The quantitative estimate of drug-likeness (QED) is 0.588. The van der Waals surface area contributed by atoms with Gasteiger partial charge in [-0.25, -0.2) is 10.5 Å². The standard InChI is InChI=1S/C10H16NO4P/c1-9(12)7-14-16(13,15-11)8-10-5-3-2-4-6-10/h2-6,9,12H,7-8,11H2,1H3/t9-,16?/m0/s1. The van der Waals surface area contributed by atoms with Crippen LogP contribution < -0.4 is 5.90 Å². The van der Waals surface area contributed by atoms with Crippen LogP contribution in [-0.4, -0.2) is 17.8 Å². The zero-order valence-corrected chi connectivity index (χ0v) is 9.97. The second-order valence-electron chi connectivity index (χ2n) is 3.50. The predicted octanol–water partition coefficient (Wildman–Crippen LogP) is 1.67. The highest BCUT2D eigenvalue weighted by Gasteiger charge is 2.25. The molecule has 1 aromatic rings. The first kappa shape index (κ1) is 13.4. The van der Waals surface area contributed by atoms with Gasteiger partial charge in [0.15, 0.2) is 0 Å². The van der Waals surface area contributed by atoms with Crippen molar-refractivity contribution in [3.8, 4) is 0 Å². The van der Waals surface area contributed by atoms with Crippen molar-refractivity contribution in [3.63, 3.8) is 0 Å². The molecule has 1 aromatic carbocycles. The summed E-state index contributed by atoms with van der Waals surface area (Å²) in [6, 6.07) is 9.11. The van der Waals surface area contributed by atoms with E-state index in [1.54, 1.807) is 12.1 Å². The maximum Gasteiger partial charge on any atom is 0.351 e. The molecule has 3 N–H and O–H groups in total. The Morgan fingerprint density at radius 1 is 1.44 bits per heavy atom. The lowest BCUT2D eigenvalue weighted by atomic mass is 10.2. The summed E-state index contributed by atoms with van der Waals surface area (Å²) in [5.41, 5.74) is 0.807. The third-order valence-corrected chi connectivity index (χ3v) is 3.51. The maximum absolute atomic E-state index is 12.0. The van der Waals surface area contributed by atoms with Gasteiger partial charge in [-0.05, 0) is 12.5 Å². The summed E-state index contributed by atoms with van der Waals surface area (Å²) >= 11 is 0. The van der Waals surface area contributed by atoms with Gasteiger partial charge in [-0.15, -0.1) is 0 Å². The minimum absolute atomic E-state index is 0.0681. The molecule has 0 aliphatic carbocycles. The lowest BCUT2D eigenvalue weighted by Gasteiger charge is -2.16. The van der Waals surface area contributed by atoms with E-state index in [0.717, 1.165) is 5.56 Å². The molecule has 0 amide bonds. The van der Waals surface area contributed by atoms with Crippen molar-refractivity contribution < 1.29 is 18.8 Å². The topological polar surface area (TPSA) is 81.8 Å². The largest absolute Gasteiger partial charge is 0.391 e. The Bertz CT molecular complexity index is 355. The Labute approximate surface area is 94.7 Å². The average Bonchev–Trinajstić information content (AvgIpc) is 2.28. The second-order valence-corrected chi connectivity index (χ2v) is 5.51. The lowest BCUT2D eigenvalue weighted by molar-refractivity contribution is 0.104. The molecule has 0 heterocycles. The summed E-state index contributed by atoms with van der Waals surface area (Å²) in [4.78, 5) is 0. The Morgan fingerprint density at radius 3 is 2.56 bits per heavy atom. The van der Waals surface area contributed by atoms with Gasteiger partial charge in [-0.1, -0.05) is 30.3 Å². The maximum atomic E-state index is 12.0. The average molecular weight is 245 g/mol. The Kier molecular flexibility index (Phi) is 5.12. The summed E-state index contributed by atoms with van der Waals surface area (Å²) in [5.74, 6) is 4.97. The van der Waals surface area contributed by atoms with E-state index in [9.17, 15) is 4.57 Å². The summed E-state index contributed by atoms with van der Waals surface area (Å²) in [6.45, 7) is 1.46. The molecule has 5 nitrogen and oxygen atoms in total. The van der Waals surface area contributed by atoms with Crippen molar-refractivity contribution >= 4 is 7.60 Å². The van der Waals surface area contributed by atoms with Gasteiger partial charge in [0, 0.05) is 0 Å². The number of rotatable bonds is 6. The van der Waals surface area contributed by atoms with Gasteiger partial charge in [0.2, 0.25) is 0 Å². The van der Waals surface area contributed by atoms with Gasteiger partial charge >= 0.3 is 7.60 Å². The SMILES string of the molecule is C[C@H](O)COP(=O)(Cc1ccccc1)ON. The van der Waals surface area contributed by atoms with E-state index >= 15 is 0 Å². The van der Waals surface area contributed by atoms with E-state index in [2.05, 4.69) is 4.62 Å². The van der Waals surface area contributed by atoms with Crippen molar-refractivity contribution in [1.82, 2.24) is 0 Å². The van der Waals surface area contributed by atoms with Crippen LogP contribution in [0, 0.1) is 0 Å². The molecule has 0 bridgehead atoms. The molecule has 2 atom stereocenters. The number of nitrogens with two attached hydrogens (primary N) is 1. The minimum atomic E-state index is -3.36. The van der Waals surface area contributed by atoms with E-state index in [4.69, 9.17) is 15.5 Å². The van der Waals surface area contributed by atoms with E-state index < -0.39 is 13.7 Å². The highest BCUT2D eigenvalue weighted by Crippen LogP contribution is 2.49. The first-order valence-electron chi connectivity index (χ1n) is 4.90. The first-order chi connectivity index (χ1) is 7.56. The monoisotopic (exact) mass is 245 g/mol. The fourth-order valence-electron chi connectivity index (χ4n) is 1.14. The van der Waals surface area contributed by atoms with E-state index in [-0.39, 0.29) is 12.8 Å². The van der Waals surface area contributed by atoms with E-state index in [1.165, 1.54) is 6.92 Å². The third kappa shape index (κ3) is 4.43. The molecule has 0 aliphatic rings.